The molecule has 5 rings (SSSR count). The molecule has 3 N–H and O–H groups in total. The van der Waals surface area contributed by atoms with E-state index in [1.807, 2.05) is 6.07 Å². The molecule has 0 radical (unpaired) electrons. The lowest BCUT2D eigenvalue weighted by molar-refractivity contribution is -0.384. The number of benzene rings is 3. The van der Waals surface area contributed by atoms with Crippen molar-refractivity contribution in [1.82, 2.24) is 10.2 Å². The standard InChI is InChI=1S/C30H22N6O7/c1-42-29(38)24-23(16-8-4-3-5-9-16)20(15-31)27(32)35(26(24)30(39)43-2)21-13-12-17(14-22(21)36(40)41)25-18-10-6-7-11-19(18)28(37)34-33-25/h3-14,23H,32H2,1-2H3,(H,34,37). The number of rotatable bonds is 6. The molecule has 0 fully saturated rings. The number of hydrogen-bond acceptors (Lipinski definition) is 11. The van der Waals surface area contributed by atoms with Crippen molar-refractivity contribution in [2.45, 2.75) is 5.92 Å². The van der Waals surface area contributed by atoms with Crippen LogP contribution in [-0.2, 0) is 19.1 Å². The van der Waals surface area contributed by atoms with E-state index in [1.165, 1.54) is 18.2 Å². The first-order chi connectivity index (χ1) is 20.7. The number of esters is 2. The highest BCUT2D eigenvalue weighted by molar-refractivity contribution is 6.07. The van der Waals surface area contributed by atoms with Gasteiger partial charge in [0.25, 0.3) is 11.2 Å². The summed E-state index contributed by atoms with van der Waals surface area (Å²) >= 11 is 0. The Morgan fingerprint density at radius 3 is 2.30 bits per heavy atom. The number of anilines is 1. The first-order valence-electron chi connectivity index (χ1n) is 12.6. The van der Waals surface area contributed by atoms with Crippen molar-refractivity contribution in [3.8, 4) is 17.3 Å². The van der Waals surface area contributed by atoms with Crippen LogP contribution in [0.1, 0.15) is 11.5 Å². The lowest BCUT2D eigenvalue weighted by Gasteiger charge is -2.35. The number of nitriles is 1. The summed E-state index contributed by atoms with van der Waals surface area (Å²) in [6.45, 7) is 0. The Bertz CT molecular complexity index is 1970. The van der Waals surface area contributed by atoms with E-state index in [1.54, 1.807) is 54.6 Å². The molecule has 13 heteroatoms. The molecular formula is C30H22N6O7. The van der Waals surface area contributed by atoms with E-state index in [-0.39, 0.29) is 33.9 Å². The summed E-state index contributed by atoms with van der Waals surface area (Å²) in [5.74, 6) is -3.48. The fourth-order valence-corrected chi connectivity index (χ4v) is 5.10. The molecule has 1 aliphatic rings. The Morgan fingerprint density at radius 2 is 1.67 bits per heavy atom. The Kier molecular flexibility index (Phi) is 7.42. The second-order valence-corrected chi connectivity index (χ2v) is 9.24. The molecule has 4 aromatic rings. The third kappa shape index (κ3) is 4.72. The molecule has 13 nitrogen and oxygen atoms in total. The third-order valence-electron chi connectivity index (χ3n) is 6.99. The maximum atomic E-state index is 13.3. The van der Waals surface area contributed by atoms with Crippen LogP contribution in [0.15, 0.2) is 100 Å². The number of aromatic nitrogens is 2. The van der Waals surface area contributed by atoms with Crippen molar-refractivity contribution >= 4 is 34.1 Å². The van der Waals surface area contributed by atoms with Crippen LogP contribution >= 0.6 is 0 Å². The van der Waals surface area contributed by atoms with Crippen LogP contribution in [0, 0.1) is 21.4 Å². The minimum Gasteiger partial charge on any atom is -0.466 e. The molecule has 0 aliphatic carbocycles. The summed E-state index contributed by atoms with van der Waals surface area (Å²) in [4.78, 5) is 51.6. The van der Waals surface area contributed by atoms with E-state index in [2.05, 4.69) is 10.2 Å². The number of H-pyrrole nitrogens is 1. The van der Waals surface area contributed by atoms with Crippen LogP contribution in [0.2, 0.25) is 0 Å². The molecule has 0 saturated carbocycles. The van der Waals surface area contributed by atoms with Gasteiger partial charge in [0.15, 0.2) is 0 Å². The Morgan fingerprint density at radius 1 is 1.02 bits per heavy atom. The summed E-state index contributed by atoms with van der Waals surface area (Å²) in [5.41, 5.74) is 5.37. The van der Waals surface area contributed by atoms with Crippen LogP contribution in [-0.4, -0.2) is 41.3 Å². The Labute approximate surface area is 243 Å². The average Bonchev–Trinajstić information content (AvgIpc) is 3.04. The van der Waals surface area contributed by atoms with Crippen LogP contribution in [0.25, 0.3) is 22.0 Å². The number of methoxy groups -OCH3 is 2. The maximum absolute atomic E-state index is 13.3. The molecule has 2 heterocycles. The van der Waals surface area contributed by atoms with Crippen molar-refractivity contribution in [3.63, 3.8) is 0 Å². The van der Waals surface area contributed by atoms with Gasteiger partial charge in [-0.25, -0.2) is 14.7 Å². The predicted octanol–water partition coefficient (Wildman–Crippen LogP) is 3.40. The van der Waals surface area contributed by atoms with Crippen LogP contribution < -0.4 is 16.2 Å². The van der Waals surface area contributed by atoms with Gasteiger partial charge in [0.05, 0.1) is 53.4 Å². The normalized spacial score (nSPS) is 14.8. The summed E-state index contributed by atoms with van der Waals surface area (Å²) in [6, 6.07) is 21.0. The fraction of sp³-hybridized carbons (Fsp3) is 0.100. The van der Waals surface area contributed by atoms with Gasteiger partial charge < -0.3 is 15.2 Å². The van der Waals surface area contributed by atoms with Gasteiger partial charge in [0, 0.05) is 17.0 Å². The SMILES string of the molecule is COC(=O)C1=C(C(=O)OC)N(c2ccc(-c3n[nH]c(=O)c4ccccc34)cc2[N+](=O)[O-])C(N)=C(C#N)C1c1ccccc1. The minimum atomic E-state index is -1.14. The Balaban J connectivity index is 1.82. The van der Waals surface area contributed by atoms with Gasteiger partial charge >= 0.3 is 11.9 Å². The number of hydrogen-bond donors (Lipinski definition) is 2. The second kappa shape index (κ2) is 11.3. The molecule has 3 aromatic carbocycles. The lowest BCUT2D eigenvalue weighted by Crippen LogP contribution is -2.41. The molecule has 1 aliphatic heterocycles. The molecule has 43 heavy (non-hydrogen) atoms. The number of allylic oxidation sites excluding steroid dienone is 1. The first-order valence-corrected chi connectivity index (χ1v) is 12.6. The van der Waals surface area contributed by atoms with Crippen molar-refractivity contribution in [1.29, 1.82) is 5.26 Å². The number of carbonyl (C=O) groups excluding carboxylic acids is 2. The zero-order valence-electron chi connectivity index (χ0n) is 22.7. The highest BCUT2D eigenvalue weighted by Gasteiger charge is 2.44. The zero-order chi connectivity index (χ0) is 30.8. The van der Waals surface area contributed by atoms with Gasteiger partial charge in [0.2, 0.25) is 0 Å². The Hall–Kier alpha value is -6.29. The van der Waals surface area contributed by atoms with Crippen molar-refractivity contribution in [3.05, 3.63) is 121 Å². The predicted molar refractivity (Wildman–Crippen MR) is 154 cm³/mol. The number of nitro groups is 1. The highest BCUT2D eigenvalue weighted by atomic mass is 16.6. The van der Waals surface area contributed by atoms with E-state index in [9.17, 15) is 29.8 Å². The van der Waals surface area contributed by atoms with Gasteiger partial charge in [-0.15, -0.1) is 0 Å². The number of aromatic amines is 1. The van der Waals surface area contributed by atoms with Crippen molar-refractivity contribution < 1.29 is 24.0 Å². The van der Waals surface area contributed by atoms with Gasteiger partial charge in [-0.2, -0.15) is 10.4 Å². The quantitative estimate of drug-likeness (QED) is 0.193. The molecule has 0 saturated heterocycles. The smallest absolute Gasteiger partial charge is 0.355 e. The van der Waals surface area contributed by atoms with E-state index < -0.39 is 39.7 Å². The molecule has 0 spiro atoms. The van der Waals surface area contributed by atoms with Gasteiger partial charge in [-0.1, -0.05) is 54.6 Å². The van der Waals surface area contributed by atoms with Gasteiger partial charge in [-0.05, 0) is 17.7 Å². The first kappa shape index (κ1) is 28.2. The number of nitrogens with one attached hydrogen (secondary N) is 1. The zero-order valence-corrected chi connectivity index (χ0v) is 22.7. The molecule has 1 aromatic heterocycles. The lowest BCUT2D eigenvalue weighted by atomic mass is 9.81. The molecule has 214 valence electrons. The molecule has 1 unspecified atom stereocenters. The minimum absolute atomic E-state index is 0.147. The van der Waals surface area contributed by atoms with Crippen LogP contribution in [0.4, 0.5) is 11.4 Å². The highest BCUT2D eigenvalue weighted by Crippen LogP contribution is 2.46. The number of carbonyl (C=O) groups is 2. The van der Waals surface area contributed by atoms with Crippen molar-refractivity contribution in [2.24, 2.45) is 5.73 Å². The van der Waals surface area contributed by atoms with E-state index in [0.717, 1.165) is 19.1 Å². The summed E-state index contributed by atoms with van der Waals surface area (Å²) < 4.78 is 10.0. The maximum Gasteiger partial charge on any atom is 0.355 e. The van der Waals surface area contributed by atoms with E-state index in [4.69, 9.17) is 15.2 Å². The number of nitrogens with two attached hydrogens (primary N) is 1. The summed E-state index contributed by atoms with van der Waals surface area (Å²) in [5, 5.41) is 30.0. The third-order valence-corrected chi connectivity index (χ3v) is 6.99. The van der Waals surface area contributed by atoms with Crippen molar-refractivity contribution in [2.75, 3.05) is 19.1 Å². The second-order valence-electron chi connectivity index (χ2n) is 9.24. The summed E-state index contributed by atoms with van der Waals surface area (Å²) in [7, 11) is 2.17. The fourth-order valence-electron chi connectivity index (χ4n) is 5.10. The van der Waals surface area contributed by atoms with Crippen LogP contribution in [0.5, 0.6) is 0 Å². The molecular weight excluding hydrogens is 556 g/mol. The van der Waals surface area contributed by atoms with Gasteiger partial charge in [-0.3, -0.25) is 19.8 Å². The van der Waals surface area contributed by atoms with Gasteiger partial charge in [0.1, 0.15) is 17.2 Å². The topological polar surface area (TPSA) is 195 Å². The molecule has 1 atom stereocenters. The largest absolute Gasteiger partial charge is 0.466 e. The number of nitro benzene ring substituents is 1. The molecule has 0 amide bonds. The van der Waals surface area contributed by atoms with E-state index >= 15 is 0 Å². The summed E-state index contributed by atoms with van der Waals surface area (Å²) in [6.07, 6.45) is 0. The van der Waals surface area contributed by atoms with E-state index in [0.29, 0.717) is 16.3 Å². The van der Waals surface area contributed by atoms with Crippen LogP contribution in [0.3, 0.4) is 0 Å². The monoisotopic (exact) mass is 578 g/mol. The molecule has 0 bridgehead atoms. The average molecular weight is 579 g/mol. The number of nitrogens with zero attached hydrogens (tertiary/aromatic N) is 4. The number of fused-ring (bicyclic) bond motifs is 1. The number of ether oxygens (including phenoxy) is 2.